The number of carbonyl (C=O) groups excluding carboxylic acids is 4. The van der Waals surface area contributed by atoms with Gasteiger partial charge in [-0.1, -0.05) is 13.8 Å². The van der Waals surface area contributed by atoms with E-state index in [-0.39, 0.29) is 31.6 Å². The van der Waals surface area contributed by atoms with Gasteiger partial charge in [0.25, 0.3) is 11.8 Å². The predicted octanol–water partition coefficient (Wildman–Crippen LogP) is 4.96. The number of hydrogen-bond acceptors (Lipinski definition) is 5. The van der Waals surface area contributed by atoms with E-state index in [9.17, 15) is 49.9 Å². The van der Waals surface area contributed by atoms with Gasteiger partial charge in [-0.3, -0.25) is 24.2 Å². The molecule has 0 aromatic heterocycles. The average molecular weight is 633 g/mol. The minimum absolute atomic E-state index is 0.0739. The van der Waals surface area contributed by atoms with E-state index in [1.54, 1.807) is 13.8 Å². The van der Waals surface area contributed by atoms with Gasteiger partial charge in [0.15, 0.2) is 0 Å². The molecule has 2 aliphatic heterocycles. The monoisotopic (exact) mass is 632 g/mol. The summed E-state index contributed by atoms with van der Waals surface area (Å²) in [4.78, 5) is 56.0. The molecular weight excluding hydrogens is 605 g/mol. The fourth-order valence-electron chi connectivity index (χ4n) is 5.32. The van der Waals surface area contributed by atoms with Gasteiger partial charge >= 0.3 is 18.6 Å². The number of nitrogens with zero attached hydrogens (tertiary/aromatic N) is 3. The Kier molecular flexibility index (Phi) is 8.59. The van der Waals surface area contributed by atoms with Crippen LogP contribution in [0.15, 0.2) is 42.5 Å². The number of urea groups is 1. The molecule has 2 aromatic carbocycles. The predicted molar refractivity (Wildman–Crippen MR) is 140 cm³/mol. The zero-order valence-corrected chi connectivity index (χ0v) is 23.6. The van der Waals surface area contributed by atoms with Gasteiger partial charge in [0.2, 0.25) is 5.91 Å². The quantitative estimate of drug-likeness (QED) is 0.359. The van der Waals surface area contributed by atoms with E-state index in [2.05, 4.69) is 10.1 Å². The molecule has 0 radical (unpaired) electrons. The summed E-state index contributed by atoms with van der Waals surface area (Å²) in [7, 11) is 1.25. The number of anilines is 1. The molecule has 2 fully saturated rings. The van der Waals surface area contributed by atoms with Crippen LogP contribution < -0.4 is 15.0 Å². The van der Waals surface area contributed by atoms with Crippen LogP contribution in [0.1, 0.15) is 42.6 Å². The third-order valence-electron chi connectivity index (χ3n) is 7.60. The van der Waals surface area contributed by atoms with Crippen molar-refractivity contribution in [3.05, 3.63) is 59.4 Å². The van der Waals surface area contributed by atoms with Crippen LogP contribution in [0.2, 0.25) is 0 Å². The standard InChI is InChI=1S/C28H27F7N4O5/c1-15(2)21(36-22(40)19-14-16(27(30,31)32)4-9-20(19)29)23(41)38-12-10-26(11-13-38)24(42)37(3)25(43)39(26)17-5-7-18(8-6-17)44-28(33,34)35/h4-9,14-15,21H,10-13H2,1-3H3,(H,36,40). The highest BCUT2D eigenvalue weighted by Gasteiger charge is 2.58. The molecule has 2 heterocycles. The van der Waals surface area contributed by atoms with E-state index in [1.165, 1.54) is 24.1 Å². The van der Waals surface area contributed by atoms with Crippen LogP contribution in [0, 0.1) is 11.7 Å². The molecule has 16 heteroatoms. The van der Waals surface area contributed by atoms with Crippen molar-refractivity contribution >= 4 is 29.4 Å². The second-order valence-electron chi connectivity index (χ2n) is 10.8. The van der Waals surface area contributed by atoms with Gasteiger partial charge in [0.05, 0.1) is 11.1 Å². The molecule has 0 bridgehead atoms. The van der Waals surface area contributed by atoms with Gasteiger partial charge in [-0.05, 0) is 61.2 Å². The molecule has 1 spiro atoms. The van der Waals surface area contributed by atoms with Crippen molar-refractivity contribution in [2.24, 2.45) is 5.92 Å². The summed E-state index contributed by atoms with van der Waals surface area (Å²) in [6.45, 7) is 2.96. The number of rotatable bonds is 6. The molecule has 0 aliphatic carbocycles. The molecule has 9 nitrogen and oxygen atoms in total. The fourth-order valence-corrected chi connectivity index (χ4v) is 5.32. The third kappa shape index (κ3) is 6.28. The summed E-state index contributed by atoms with van der Waals surface area (Å²) in [5.41, 5.74) is -3.48. The number of carbonyl (C=O) groups is 4. The number of amides is 5. The number of likely N-dealkylation sites (tertiary alicyclic amines) is 1. The maximum Gasteiger partial charge on any atom is 0.573 e. The fraction of sp³-hybridized carbons (Fsp3) is 0.429. The van der Waals surface area contributed by atoms with E-state index in [1.807, 2.05) is 0 Å². The molecule has 44 heavy (non-hydrogen) atoms. The van der Waals surface area contributed by atoms with Gasteiger partial charge in [0, 0.05) is 25.8 Å². The first-order valence-electron chi connectivity index (χ1n) is 13.3. The molecule has 2 saturated heterocycles. The van der Waals surface area contributed by atoms with Crippen molar-refractivity contribution in [2.45, 2.75) is 50.8 Å². The highest BCUT2D eigenvalue weighted by atomic mass is 19.4. The Labute approximate surface area is 246 Å². The number of nitrogens with one attached hydrogen (secondary N) is 1. The minimum Gasteiger partial charge on any atom is -0.406 e. The third-order valence-corrected chi connectivity index (χ3v) is 7.60. The van der Waals surface area contributed by atoms with Gasteiger partial charge in [-0.25, -0.2) is 9.18 Å². The Balaban J connectivity index is 1.52. The molecule has 2 aromatic rings. The highest BCUT2D eigenvalue weighted by molar-refractivity contribution is 6.16. The molecular formula is C28H27F7N4O5. The summed E-state index contributed by atoms with van der Waals surface area (Å²) in [5.74, 6) is -4.77. The molecule has 5 amide bonds. The van der Waals surface area contributed by atoms with Crippen molar-refractivity contribution in [1.82, 2.24) is 15.1 Å². The largest absolute Gasteiger partial charge is 0.573 e. The first-order chi connectivity index (χ1) is 20.4. The second kappa shape index (κ2) is 11.6. The molecule has 1 unspecified atom stereocenters. The zero-order valence-electron chi connectivity index (χ0n) is 23.6. The van der Waals surface area contributed by atoms with Crippen molar-refractivity contribution in [1.29, 1.82) is 0 Å². The van der Waals surface area contributed by atoms with Crippen LogP contribution in [-0.4, -0.2) is 71.6 Å². The summed E-state index contributed by atoms with van der Waals surface area (Å²) in [6, 6.07) is 3.73. The van der Waals surface area contributed by atoms with Gasteiger partial charge in [-0.15, -0.1) is 13.2 Å². The van der Waals surface area contributed by atoms with Crippen molar-refractivity contribution in [2.75, 3.05) is 25.0 Å². The Morgan fingerprint density at radius 2 is 1.55 bits per heavy atom. The Hall–Kier alpha value is -4.37. The van der Waals surface area contributed by atoms with Crippen molar-refractivity contribution in [3.63, 3.8) is 0 Å². The minimum atomic E-state index is -4.93. The lowest BCUT2D eigenvalue weighted by molar-refractivity contribution is -0.274. The number of piperidine rings is 1. The second-order valence-corrected chi connectivity index (χ2v) is 10.8. The van der Waals surface area contributed by atoms with Crippen molar-refractivity contribution in [3.8, 4) is 5.75 Å². The zero-order chi connectivity index (χ0) is 32.8. The first-order valence-corrected chi connectivity index (χ1v) is 13.3. The van der Waals surface area contributed by atoms with E-state index >= 15 is 0 Å². The van der Waals surface area contributed by atoms with Crippen molar-refractivity contribution < 1.29 is 54.6 Å². The topological polar surface area (TPSA) is 99.3 Å². The maximum absolute atomic E-state index is 14.3. The van der Waals surface area contributed by atoms with Gasteiger partial charge in [0.1, 0.15) is 23.1 Å². The van der Waals surface area contributed by atoms with Crippen LogP contribution in [0.5, 0.6) is 5.75 Å². The molecule has 0 saturated carbocycles. The van der Waals surface area contributed by atoms with Crippen LogP contribution in [0.25, 0.3) is 0 Å². The number of likely N-dealkylation sites (N-methyl/N-ethyl adjacent to an activating group) is 1. The lowest BCUT2D eigenvalue weighted by Gasteiger charge is -2.43. The number of benzene rings is 2. The van der Waals surface area contributed by atoms with Crippen LogP contribution in [0.4, 0.5) is 41.2 Å². The maximum atomic E-state index is 14.3. The average Bonchev–Trinajstić information content (AvgIpc) is 3.11. The molecule has 238 valence electrons. The Morgan fingerprint density at radius 3 is 2.07 bits per heavy atom. The summed E-state index contributed by atoms with van der Waals surface area (Å²) in [6.07, 6.45) is -9.92. The molecule has 1 N–H and O–H groups in total. The number of imide groups is 1. The van der Waals surface area contributed by atoms with Crippen LogP contribution in [0.3, 0.4) is 0 Å². The van der Waals surface area contributed by atoms with Crippen LogP contribution in [-0.2, 0) is 15.8 Å². The Morgan fingerprint density at radius 1 is 0.955 bits per heavy atom. The van der Waals surface area contributed by atoms with E-state index in [0.29, 0.717) is 18.2 Å². The normalized spacial score (nSPS) is 17.8. The van der Waals surface area contributed by atoms with E-state index < -0.39 is 76.5 Å². The Bertz CT molecular complexity index is 1450. The number of alkyl halides is 6. The SMILES string of the molecule is CC(C)C(NC(=O)c1cc(C(F)(F)F)ccc1F)C(=O)N1CCC2(CC1)C(=O)N(C)C(=O)N2c1ccc(OC(F)(F)F)cc1. The van der Waals surface area contributed by atoms with E-state index in [4.69, 9.17) is 0 Å². The lowest BCUT2D eigenvalue weighted by atomic mass is 9.85. The van der Waals surface area contributed by atoms with E-state index in [0.717, 1.165) is 21.9 Å². The summed E-state index contributed by atoms with van der Waals surface area (Å²) < 4.78 is 95.3. The number of hydrogen-bond donors (Lipinski definition) is 1. The smallest absolute Gasteiger partial charge is 0.406 e. The molecule has 1 atom stereocenters. The lowest BCUT2D eigenvalue weighted by Crippen LogP contribution is -2.60. The first kappa shape index (κ1) is 32.5. The van der Waals surface area contributed by atoms with Gasteiger partial charge in [-0.2, -0.15) is 13.2 Å². The molecule has 2 aliphatic rings. The van der Waals surface area contributed by atoms with Crippen LogP contribution >= 0.6 is 0 Å². The van der Waals surface area contributed by atoms with Gasteiger partial charge < -0.3 is 15.0 Å². The highest BCUT2D eigenvalue weighted by Crippen LogP contribution is 2.41. The summed E-state index contributed by atoms with van der Waals surface area (Å²) in [5, 5.41) is 2.32. The number of halogens is 7. The molecule has 4 rings (SSSR count). The number of ether oxygens (including phenoxy) is 1. The summed E-state index contributed by atoms with van der Waals surface area (Å²) >= 11 is 0.